The van der Waals surface area contributed by atoms with E-state index in [4.69, 9.17) is 27.9 Å². The average Bonchev–Trinajstić information content (AvgIpc) is 3.71. The van der Waals surface area contributed by atoms with E-state index in [0.29, 0.717) is 17.4 Å². The number of ether oxygens (including phenoxy) is 1. The fourth-order valence-electron chi connectivity index (χ4n) is 4.69. The number of anilines is 3. The molecule has 4 amide bonds. The highest BCUT2D eigenvalue weighted by molar-refractivity contribution is 6.45. The Hall–Kier alpha value is -4.32. The molecule has 0 unspecified atom stereocenters. The highest BCUT2D eigenvalue weighted by Gasteiger charge is 2.19. The summed E-state index contributed by atoms with van der Waals surface area (Å²) in [6, 6.07) is 14.7. The number of amides is 4. The zero-order valence-corrected chi connectivity index (χ0v) is 25.7. The number of rotatable bonds is 10. The predicted octanol–water partition coefficient (Wildman–Crippen LogP) is 7.47. The van der Waals surface area contributed by atoms with Crippen LogP contribution in [0.1, 0.15) is 43.9 Å². The summed E-state index contributed by atoms with van der Waals surface area (Å²) in [6.07, 6.45) is 6.23. The number of aliphatic hydroxyl groups is 1. The van der Waals surface area contributed by atoms with Crippen LogP contribution >= 0.6 is 23.2 Å². The summed E-state index contributed by atoms with van der Waals surface area (Å²) in [4.78, 5) is 31.4. The van der Waals surface area contributed by atoms with Gasteiger partial charge in [0.05, 0.1) is 28.7 Å². The van der Waals surface area contributed by atoms with Crippen LogP contribution in [0.3, 0.4) is 0 Å². The van der Waals surface area contributed by atoms with Crippen molar-refractivity contribution < 1.29 is 19.4 Å². The zero-order valence-electron chi connectivity index (χ0n) is 24.1. The van der Waals surface area contributed by atoms with Crippen molar-refractivity contribution in [3.63, 3.8) is 0 Å². The number of likely N-dealkylation sites (tertiary alicyclic amines) is 1. The SMILES string of the molecule is CCCCc1cc(NC(=O)Nc2ccc(Oc3ccnc(NC(=O)N4CCCC4)c3)c(Cl)c2Cl)n(-c2ccc(CO)cc2)n1. The second-order valence-electron chi connectivity index (χ2n) is 10.3. The lowest BCUT2D eigenvalue weighted by Gasteiger charge is -2.16. The molecule has 3 heterocycles. The van der Waals surface area contributed by atoms with Gasteiger partial charge in [-0.2, -0.15) is 5.10 Å². The van der Waals surface area contributed by atoms with Gasteiger partial charge in [0.1, 0.15) is 28.2 Å². The number of carbonyl (C=O) groups excluding carboxylic acids is 2. The molecule has 230 valence electrons. The molecule has 11 nitrogen and oxygen atoms in total. The van der Waals surface area contributed by atoms with Crippen LogP contribution in [0.5, 0.6) is 11.5 Å². The highest BCUT2D eigenvalue weighted by Crippen LogP contribution is 2.39. The van der Waals surface area contributed by atoms with E-state index in [1.807, 2.05) is 18.2 Å². The van der Waals surface area contributed by atoms with Gasteiger partial charge in [0, 0.05) is 31.4 Å². The molecular weight excluding hydrogens is 605 g/mol. The third-order valence-corrected chi connectivity index (χ3v) is 7.90. The van der Waals surface area contributed by atoms with Crippen LogP contribution in [-0.2, 0) is 13.0 Å². The first kappa shape index (κ1) is 31.1. The smallest absolute Gasteiger partial charge is 0.324 e. The van der Waals surface area contributed by atoms with Crippen LogP contribution in [0, 0.1) is 0 Å². The van der Waals surface area contributed by atoms with Crippen molar-refractivity contribution >= 4 is 52.6 Å². The molecule has 0 bridgehead atoms. The molecule has 5 rings (SSSR count). The van der Waals surface area contributed by atoms with Gasteiger partial charge in [-0.25, -0.2) is 19.3 Å². The van der Waals surface area contributed by atoms with Gasteiger partial charge in [-0.3, -0.25) is 10.6 Å². The maximum absolute atomic E-state index is 13.1. The van der Waals surface area contributed by atoms with Gasteiger partial charge in [-0.15, -0.1) is 0 Å². The summed E-state index contributed by atoms with van der Waals surface area (Å²) in [5.41, 5.74) is 2.62. The largest absolute Gasteiger partial charge is 0.456 e. The van der Waals surface area contributed by atoms with Crippen LogP contribution in [-0.4, -0.2) is 49.9 Å². The number of benzene rings is 2. The van der Waals surface area contributed by atoms with E-state index in [1.54, 1.807) is 46.0 Å². The van der Waals surface area contributed by atoms with Crippen molar-refractivity contribution in [3.8, 4) is 17.2 Å². The summed E-state index contributed by atoms with van der Waals surface area (Å²) < 4.78 is 7.58. The molecule has 0 atom stereocenters. The fraction of sp³-hybridized carbons (Fsp3) is 0.290. The monoisotopic (exact) mass is 637 g/mol. The van der Waals surface area contributed by atoms with E-state index >= 15 is 0 Å². The van der Waals surface area contributed by atoms with Gasteiger partial charge in [0.2, 0.25) is 0 Å². The third-order valence-electron chi connectivity index (χ3n) is 7.03. The molecule has 1 saturated heterocycles. The molecule has 4 N–H and O–H groups in total. The molecule has 2 aromatic carbocycles. The Morgan fingerprint density at radius 2 is 1.75 bits per heavy atom. The Morgan fingerprint density at radius 3 is 2.48 bits per heavy atom. The first-order valence-corrected chi connectivity index (χ1v) is 15.1. The zero-order chi connectivity index (χ0) is 31.1. The Labute approximate surface area is 265 Å². The minimum atomic E-state index is -0.542. The molecule has 0 radical (unpaired) electrons. The normalized spacial score (nSPS) is 12.7. The van der Waals surface area contributed by atoms with Crippen LogP contribution in [0.2, 0.25) is 10.0 Å². The third kappa shape index (κ3) is 7.60. The summed E-state index contributed by atoms with van der Waals surface area (Å²) in [5, 5.41) is 22.6. The topological polar surface area (TPSA) is 134 Å². The Bertz CT molecular complexity index is 1620. The number of nitrogens with one attached hydrogen (secondary N) is 3. The average molecular weight is 639 g/mol. The molecule has 2 aromatic heterocycles. The van der Waals surface area contributed by atoms with Crippen LogP contribution in [0.15, 0.2) is 60.8 Å². The van der Waals surface area contributed by atoms with Crippen LogP contribution in [0.4, 0.5) is 26.9 Å². The standard InChI is InChI=1S/C31H33Cl2N7O4/c1-2-3-6-21-17-27(40(38-21)22-9-7-20(19-41)8-10-22)37-30(42)35-24-11-12-25(29(33)28(24)32)44-23-13-14-34-26(18-23)36-31(43)39-15-4-5-16-39/h7-14,17-18,41H,2-6,15-16,19H2,1H3,(H,34,36,43)(H2,35,37,42). The first-order chi connectivity index (χ1) is 21.3. The number of aryl methyl sites for hydroxylation is 1. The molecule has 1 fully saturated rings. The number of aliphatic hydroxyl groups excluding tert-OH is 1. The lowest BCUT2D eigenvalue weighted by Crippen LogP contribution is -2.32. The molecular formula is C31H33Cl2N7O4. The Kier molecular flexibility index (Phi) is 10.2. The van der Waals surface area contributed by atoms with Crippen LogP contribution in [0.25, 0.3) is 5.69 Å². The molecule has 1 aliphatic heterocycles. The van der Waals surface area contributed by atoms with Crippen molar-refractivity contribution in [2.24, 2.45) is 0 Å². The second-order valence-corrected chi connectivity index (χ2v) is 11.0. The fourth-order valence-corrected chi connectivity index (χ4v) is 5.10. The number of carbonyl (C=O) groups is 2. The lowest BCUT2D eigenvalue weighted by atomic mass is 10.2. The van der Waals surface area contributed by atoms with Crippen molar-refractivity contribution in [2.45, 2.75) is 45.6 Å². The molecule has 0 aliphatic carbocycles. The lowest BCUT2D eigenvalue weighted by molar-refractivity contribution is 0.222. The predicted molar refractivity (Wildman–Crippen MR) is 171 cm³/mol. The van der Waals surface area contributed by atoms with Crippen molar-refractivity contribution in [1.29, 1.82) is 0 Å². The van der Waals surface area contributed by atoms with E-state index in [2.05, 4.69) is 33.0 Å². The number of urea groups is 2. The highest BCUT2D eigenvalue weighted by atomic mass is 35.5. The molecule has 13 heteroatoms. The number of aromatic nitrogens is 3. The number of hydrogen-bond acceptors (Lipinski definition) is 6. The van der Waals surface area contributed by atoms with E-state index in [1.165, 1.54) is 6.20 Å². The van der Waals surface area contributed by atoms with E-state index in [9.17, 15) is 14.7 Å². The van der Waals surface area contributed by atoms with Gasteiger partial charge in [0.15, 0.2) is 0 Å². The van der Waals surface area contributed by atoms with Gasteiger partial charge in [-0.05, 0) is 61.6 Å². The maximum Gasteiger partial charge on any atom is 0.324 e. The van der Waals surface area contributed by atoms with Gasteiger partial charge < -0.3 is 20.1 Å². The van der Waals surface area contributed by atoms with Crippen molar-refractivity contribution in [3.05, 3.63) is 82.1 Å². The minimum absolute atomic E-state index is 0.0670. The molecule has 1 aliphatic rings. The number of nitrogens with zero attached hydrogens (tertiary/aromatic N) is 4. The quantitative estimate of drug-likeness (QED) is 0.142. The van der Waals surface area contributed by atoms with E-state index < -0.39 is 6.03 Å². The summed E-state index contributed by atoms with van der Waals surface area (Å²) >= 11 is 13.1. The van der Waals surface area contributed by atoms with Gasteiger partial charge >= 0.3 is 12.1 Å². The molecule has 44 heavy (non-hydrogen) atoms. The van der Waals surface area contributed by atoms with Crippen molar-refractivity contribution in [2.75, 3.05) is 29.0 Å². The summed E-state index contributed by atoms with van der Waals surface area (Å²) in [6.45, 7) is 3.48. The van der Waals surface area contributed by atoms with Crippen molar-refractivity contribution in [1.82, 2.24) is 19.7 Å². The number of unbranched alkanes of at least 4 members (excludes halogenated alkanes) is 1. The number of halogens is 2. The second kappa shape index (κ2) is 14.4. The van der Waals surface area contributed by atoms with E-state index in [0.717, 1.165) is 62.1 Å². The van der Waals surface area contributed by atoms with Crippen LogP contribution < -0.4 is 20.7 Å². The minimum Gasteiger partial charge on any atom is -0.456 e. The first-order valence-electron chi connectivity index (χ1n) is 14.4. The van der Waals surface area contributed by atoms with E-state index in [-0.39, 0.29) is 34.1 Å². The molecule has 0 saturated carbocycles. The molecule has 0 spiro atoms. The Balaban J connectivity index is 1.27. The number of hydrogen-bond donors (Lipinski definition) is 4. The molecule has 4 aromatic rings. The van der Waals surface area contributed by atoms with Gasteiger partial charge in [0.25, 0.3) is 0 Å². The van der Waals surface area contributed by atoms with Gasteiger partial charge in [-0.1, -0.05) is 48.7 Å². The summed E-state index contributed by atoms with van der Waals surface area (Å²) in [5.74, 6) is 1.47. The number of pyridine rings is 1. The summed E-state index contributed by atoms with van der Waals surface area (Å²) in [7, 11) is 0. The maximum atomic E-state index is 13.1. The Morgan fingerprint density at radius 1 is 0.977 bits per heavy atom.